The van der Waals surface area contributed by atoms with E-state index in [0.29, 0.717) is 29.2 Å². The number of aromatic nitrogens is 2. The van der Waals surface area contributed by atoms with Gasteiger partial charge >= 0.3 is 6.29 Å². The molecular weight excluding hydrogens is 392 g/mol. The number of hydrogen-bond donors (Lipinski definition) is 1. The smallest absolute Gasteiger partial charge is 0.395 e. The molecule has 0 aliphatic carbocycles. The van der Waals surface area contributed by atoms with Crippen molar-refractivity contribution in [3.63, 3.8) is 0 Å². The zero-order chi connectivity index (χ0) is 19.9. The molecule has 1 amide bonds. The van der Waals surface area contributed by atoms with Gasteiger partial charge in [-0.25, -0.2) is 4.98 Å². The second kappa shape index (κ2) is 6.79. The van der Waals surface area contributed by atoms with Gasteiger partial charge in [-0.15, -0.1) is 8.78 Å². The van der Waals surface area contributed by atoms with E-state index in [-0.39, 0.29) is 22.4 Å². The molecule has 0 saturated heterocycles. The van der Waals surface area contributed by atoms with Crippen molar-refractivity contribution in [1.29, 1.82) is 0 Å². The number of benzene rings is 1. The fraction of sp³-hybridized carbons (Fsp3) is 0.158. The standard InChI is InChI=1S/C19H14ClF2N3O3/c1-2-25-7-3-4-14(25)18(26)24-17-6-5-11(10-23-17)12-8-15-16(9-13(12)20)28-19(21,22)27-15/h3-10H,2H2,1H3,(H,23,24,26). The van der Waals surface area contributed by atoms with E-state index in [4.69, 9.17) is 11.6 Å². The van der Waals surface area contributed by atoms with Gasteiger partial charge in [-0.1, -0.05) is 11.6 Å². The summed E-state index contributed by atoms with van der Waals surface area (Å²) >= 11 is 6.18. The Kier molecular flexibility index (Phi) is 4.43. The lowest BCUT2D eigenvalue weighted by Crippen LogP contribution is -2.25. The van der Waals surface area contributed by atoms with E-state index in [9.17, 15) is 13.6 Å². The van der Waals surface area contributed by atoms with Crippen molar-refractivity contribution in [2.45, 2.75) is 19.8 Å². The van der Waals surface area contributed by atoms with Crippen molar-refractivity contribution in [3.05, 3.63) is 59.5 Å². The molecule has 0 bridgehead atoms. The first kappa shape index (κ1) is 18.2. The maximum atomic E-state index is 13.2. The highest BCUT2D eigenvalue weighted by molar-refractivity contribution is 6.33. The van der Waals surface area contributed by atoms with Gasteiger partial charge < -0.3 is 19.4 Å². The number of rotatable bonds is 4. The molecule has 2 aromatic heterocycles. The van der Waals surface area contributed by atoms with Gasteiger partial charge in [-0.2, -0.15) is 0 Å². The number of anilines is 1. The van der Waals surface area contributed by atoms with Gasteiger partial charge in [-0.3, -0.25) is 4.79 Å². The number of amides is 1. The number of halogens is 3. The van der Waals surface area contributed by atoms with Crippen LogP contribution in [0.5, 0.6) is 11.5 Å². The highest BCUT2D eigenvalue weighted by atomic mass is 35.5. The molecule has 0 unspecified atom stereocenters. The Balaban J connectivity index is 1.55. The fourth-order valence-electron chi connectivity index (χ4n) is 2.90. The van der Waals surface area contributed by atoms with Crippen LogP contribution in [0.2, 0.25) is 5.02 Å². The summed E-state index contributed by atoms with van der Waals surface area (Å²) in [7, 11) is 0. The average molecular weight is 406 g/mol. The Morgan fingerprint density at radius 1 is 1.25 bits per heavy atom. The summed E-state index contributed by atoms with van der Waals surface area (Å²) in [6.07, 6.45) is -0.417. The molecule has 0 fully saturated rings. The van der Waals surface area contributed by atoms with Crippen LogP contribution in [-0.2, 0) is 6.54 Å². The van der Waals surface area contributed by atoms with Gasteiger partial charge in [0.05, 0.1) is 5.02 Å². The molecule has 28 heavy (non-hydrogen) atoms. The third-order valence-electron chi connectivity index (χ3n) is 4.21. The first-order valence-electron chi connectivity index (χ1n) is 8.38. The zero-order valence-corrected chi connectivity index (χ0v) is 15.3. The normalized spacial score (nSPS) is 14.1. The number of alkyl halides is 2. The lowest BCUT2D eigenvalue weighted by Gasteiger charge is -2.09. The molecule has 1 aromatic carbocycles. The van der Waals surface area contributed by atoms with Gasteiger partial charge in [0.25, 0.3) is 5.91 Å². The van der Waals surface area contributed by atoms with E-state index < -0.39 is 6.29 Å². The molecule has 4 rings (SSSR count). The summed E-state index contributed by atoms with van der Waals surface area (Å²) in [5, 5.41) is 2.92. The SMILES string of the molecule is CCn1cccc1C(=O)Nc1ccc(-c2cc3c(cc2Cl)OC(F)(F)O3)cn1. The average Bonchev–Trinajstić information content (AvgIpc) is 3.24. The van der Waals surface area contributed by atoms with E-state index >= 15 is 0 Å². The maximum Gasteiger partial charge on any atom is 0.586 e. The topological polar surface area (TPSA) is 65.4 Å². The van der Waals surface area contributed by atoms with Crippen LogP contribution >= 0.6 is 11.6 Å². The Bertz CT molecular complexity index is 1050. The predicted octanol–water partition coefficient (Wildman–Crippen LogP) is 4.80. The van der Waals surface area contributed by atoms with Gasteiger partial charge in [0, 0.05) is 36.1 Å². The number of hydrogen-bond acceptors (Lipinski definition) is 4. The number of carbonyl (C=O) groups is 1. The molecule has 0 atom stereocenters. The molecule has 1 aliphatic heterocycles. The van der Waals surface area contributed by atoms with Gasteiger partial charge in [0.1, 0.15) is 11.5 Å². The number of aryl methyl sites for hydroxylation is 1. The van der Waals surface area contributed by atoms with Gasteiger partial charge in [-0.05, 0) is 37.3 Å². The Labute approximate surface area is 163 Å². The highest BCUT2D eigenvalue weighted by Gasteiger charge is 2.43. The van der Waals surface area contributed by atoms with Crippen LogP contribution in [0.1, 0.15) is 17.4 Å². The number of pyridine rings is 1. The summed E-state index contributed by atoms with van der Waals surface area (Å²) in [4.78, 5) is 16.6. The lowest BCUT2D eigenvalue weighted by molar-refractivity contribution is -0.286. The molecule has 6 nitrogen and oxygen atoms in total. The summed E-state index contributed by atoms with van der Waals surface area (Å²) in [6.45, 7) is 2.61. The van der Waals surface area contributed by atoms with E-state index in [0.717, 1.165) is 0 Å². The molecule has 1 aliphatic rings. The number of nitrogens with one attached hydrogen (secondary N) is 1. The quantitative estimate of drug-likeness (QED) is 0.677. The van der Waals surface area contributed by atoms with Crippen LogP contribution in [0, 0.1) is 0 Å². The molecule has 144 valence electrons. The number of carbonyl (C=O) groups excluding carboxylic acids is 1. The first-order valence-corrected chi connectivity index (χ1v) is 8.76. The summed E-state index contributed by atoms with van der Waals surface area (Å²) in [5.74, 6) is -0.173. The third-order valence-corrected chi connectivity index (χ3v) is 4.52. The molecule has 0 saturated carbocycles. The molecule has 3 heterocycles. The summed E-state index contributed by atoms with van der Waals surface area (Å²) in [5.41, 5.74) is 1.54. The summed E-state index contributed by atoms with van der Waals surface area (Å²) in [6, 6.07) is 9.41. The highest BCUT2D eigenvalue weighted by Crippen LogP contribution is 2.45. The Morgan fingerprint density at radius 2 is 2.00 bits per heavy atom. The lowest BCUT2D eigenvalue weighted by atomic mass is 10.1. The van der Waals surface area contributed by atoms with Crippen LogP contribution in [0.25, 0.3) is 11.1 Å². The van der Waals surface area contributed by atoms with Crippen molar-refractivity contribution in [2.24, 2.45) is 0 Å². The number of ether oxygens (including phenoxy) is 2. The van der Waals surface area contributed by atoms with Crippen LogP contribution in [0.3, 0.4) is 0 Å². The summed E-state index contributed by atoms with van der Waals surface area (Å²) < 4.78 is 37.1. The second-order valence-electron chi connectivity index (χ2n) is 6.01. The Hall–Kier alpha value is -3.13. The Morgan fingerprint density at radius 3 is 2.68 bits per heavy atom. The largest absolute Gasteiger partial charge is 0.586 e. The van der Waals surface area contributed by atoms with E-state index in [2.05, 4.69) is 19.8 Å². The number of fused-ring (bicyclic) bond motifs is 1. The predicted molar refractivity (Wildman–Crippen MR) is 98.9 cm³/mol. The van der Waals surface area contributed by atoms with E-state index in [1.165, 1.54) is 18.3 Å². The van der Waals surface area contributed by atoms with Crippen molar-refractivity contribution in [1.82, 2.24) is 9.55 Å². The van der Waals surface area contributed by atoms with Crippen molar-refractivity contribution < 1.29 is 23.0 Å². The van der Waals surface area contributed by atoms with Gasteiger partial charge in [0.15, 0.2) is 11.5 Å². The third kappa shape index (κ3) is 3.38. The molecule has 9 heteroatoms. The maximum absolute atomic E-state index is 13.2. The molecule has 3 aromatic rings. The minimum Gasteiger partial charge on any atom is -0.395 e. The number of nitrogens with zero attached hydrogens (tertiary/aromatic N) is 2. The second-order valence-corrected chi connectivity index (χ2v) is 6.42. The zero-order valence-electron chi connectivity index (χ0n) is 14.6. The molecule has 0 spiro atoms. The monoisotopic (exact) mass is 405 g/mol. The van der Waals surface area contributed by atoms with Crippen molar-refractivity contribution >= 4 is 23.3 Å². The van der Waals surface area contributed by atoms with E-state index in [1.54, 1.807) is 24.3 Å². The van der Waals surface area contributed by atoms with Crippen LogP contribution in [0.4, 0.5) is 14.6 Å². The van der Waals surface area contributed by atoms with Crippen LogP contribution < -0.4 is 14.8 Å². The first-order chi connectivity index (χ1) is 13.4. The molecule has 1 N–H and O–H groups in total. The molecule has 0 radical (unpaired) electrons. The van der Waals surface area contributed by atoms with Crippen LogP contribution in [0.15, 0.2) is 48.8 Å². The van der Waals surface area contributed by atoms with Crippen molar-refractivity contribution in [2.75, 3.05) is 5.32 Å². The van der Waals surface area contributed by atoms with Gasteiger partial charge in [0.2, 0.25) is 0 Å². The van der Waals surface area contributed by atoms with Crippen LogP contribution in [-0.4, -0.2) is 21.8 Å². The van der Waals surface area contributed by atoms with E-state index in [1.807, 2.05) is 17.7 Å². The minimum atomic E-state index is -3.72. The molecular formula is C19H14ClF2N3O3. The fourth-order valence-corrected chi connectivity index (χ4v) is 3.16. The minimum absolute atomic E-state index is 0.109. The van der Waals surface area contributed by atoms with Crippen molar-refractivity contribution in [3.8, 4) is 22.6 Å².